The van der Waals surface area contributed by atoms with E-state index >= 15 is 0 Å². The van der Waals surface area contributed by atoms with E-state index < -0.39 is 17.8 Å². The Labute approximate surface area is 132 Å². The van der Waals surface area contributed by atoms with Gasteiger partial charge in [-0.15, -0.1) is 0 Å². The number of allylic oxidation sites excluding steroid dienone is 2. The van der Waals surface area contributed by atoms with Crippen molar-refractivity contribution in [3.05, 3.63) is 39.9 Å². The first-order valence-corrected chi connectivity index (χ1v) is 7.65. The summed E-state index contributed by atoms with van der Waals surface area (Å²) in [6, 6.07) is 3.86. The monoisotopic (exact) mass is 351 g/mol. The summed E-state index contributed by atoms with van der Waals surface area (Å²) in [5.41, 5.74) is 2.67. The molecular formula is C16H18BrNO3. The van der Waals surface area contributed by atoms with Crippen molar-refractivity contribution in [1.82, 2.24) is 0 Å². The highest BCUT2D eigenvalue weighted by atomic mass is 79.9. The van der Waals surface area contributed by atoms with E-state index in [1.165, 1.54) is 0 Å². The molecule has 112 valence electrons. The number of aryl methyl sites for hydroxylation is 2. The molecule has 4 nitrogen and oxygen atoms in total. The third kappa shape index (κ3) is 3.53. The molecule has 0 saturated heterocycles. The van der Waals surface area contributed by atoms with Gasteiger partial charge in [-0.1, -0.05) is 28.1 Å². The molecule has 5 heteroatoms. The van der Waals surface area contributed by atoms with Crippen molar-refractivity contribution in [1.29, 1.82) is 0 Å². The van der Waals surface area contributed by atoms with Gasteiger partial charge in [0, 0.05) is 10.2 Å². The summed E-state index contributed by atoms with van der Waals surface area (Å²) in [6.45, 7) is 3.84. The summed E-state index contributed by atoms with van der Waals surface area (Å²) in [6.07, 6.45) is 4.59. The minimum atomic E-state index is -0.913. The lowest BCUT2D eigenvalue weighted by Gasteiger charge is -2.25. The van der Waals surface area contributed by atoms with Crippen molar-refractivity contribution in [2.24, 2.45) is 11.8 Å². The van der Waals surface area contributed by atoms with Crippen LogP contribution in [0.5, 0.6) is 0 Å². The first-order valence-electron chi connectivity index (χ1n) is 6.85. The highest BCUT2D eigenvalue weighted by Crippen LogP contribution is 2.30. The number of rotatable bonds is 3. The molecule has 1 aliphatic carbocycles. The first-order chi connectivity index (χ1) is 9.90. The molecule has 2 rings (SSSR count). The lowest BCUT2D eigenvalue weighted by molar-refractivity contribution is -0.146. The molecule has 0 spiro atoms. The number of benzene rings is 1. The summed E-state index contributed by atoms with van der Waals surface area (Å²) < 4.78 is 0.958. The Morgan fingerprint density at radius 1 is 1.14 bits per heavy atom. The number of aliphatic carboxylic acids is 1. The molecule has 0 aromatic heterocycles. The molecule has 1 aromatic carbocycles. The average molecular weight is 352 g/mol. The fourth-order valence-corrected chi connectivity index (χ4v) is 3.39. The zero-order valence-corrected chi connectivity index (χ0v) is 13.6. The van der Waals surface area contributed by atoms with Gasteiger partial charge in [-0.25, -0.2) is 0 Å². The van der Waals surface area contributed by atoms with E-state index in [9.17, 15) is 14.7 Å². The number of carboxylic acid groups (broad SMARTS) is 1. The summed E-state index contributed by atoms with van der Waals surface area (Å²) >= 11 is 3.42. The zero-order chi connectivity index (χ0) is 15.6. The van der Waals surface area contributed by atoms with Gasteiger partial charge in [-0.3, -0.25) is 9.59 Å². The number of carboxylic acids is 1. The van der Waals surface area contributed by atoms with Gasteiger partial charge in [0.05, 0.1) is 11.8 Å². The fraction of sp³-hybridized carbons (Fsp3) is 0.375. The number of carbonyl (C=O) groups excluding carboxylic acids is 1. The molecule has 0 fully saturated rings. The third-order valence-corrected chi connectivity index (χ3v) is 4.29. The van der Waals surface area contributed by atoms with Crippen LogP contribution >= 0.6 is 15.9 Å². The predicted octanol–water partition coefficient (Wildman–Crippen LogP) is 3.67. The standard InChI is InChI=1S/C16H18BrNO3/c1-9-7-11(17)8-10(2)14(9)18-15(19)12-5-3-4-6-13(12)16(20)21/h3-4,7-8,12-13H,5-6H2,1-2H3,(H,18,19)(H,20,21). The van der Waals surface area contributed by atoms with Crippen LogP contribution in [0.25, 0.3) is 0 Å². The quantitative estimate of drug-likeness (QED) is 0.816. The molecule has 1 aromatic rings. The Morgan fingerprint density at radius 3 is 2.19 bits per heavy atom. The summed E-state index contributed by atoms with van der Waals surface area (Å²) in [4.78, 5) is 23.7. The number of hydrogen-bond donors (Lipinski definition) is 2. The van der Waals surface area contributed by atoms with Crippen molar-refractivity contribution >= 4 is 33.5 Å². The topological polar surface area (TPSA) is 66.4 Å². The van der Waals surface area contributed by atoms with Gasteiger partial charge in [-0.2, -0.15) is 0 Å². The molecule has 2 N–H and O–H groups in total. The Morgan fingerprint density at radius 2 is 1.67 bits per heavy atom. The van der Waals surface area contributed by atoms with E-state index in [-0.39, 0.29) is 5.91 Å². The van der Waals surface area contributed by atoms with Crippen molar-refractivity contribution in [3.8, 4) is 0 Å². The van der Waals surface area contributed by atoms with Crippen molar-refractivity contribution in [2.45, 2.75) is 26.7 Å². The van der Waals surface area contributed by atoms with Crippen LogP contribution in [0.1, 0.15) is 24.0 Å². The number of anilines is 1. The van der Waals surface area contributed by atoms with Crippen LogP contribution < -0.4 is 5.32 Å². The largest absolute Gasteiger partial charge is 0.481 e. The maximum Gasteiger partial charge on any atom is 0.307 e. The summed E-state index contributed by atoms with van der Waals surface area (Å²) in [5, 5.41) is 12.2. The molecule has 1 aliphatic rings. The highest BCUT2D eigenvalue weighted by Gasteiger charge is 2.34. The predicted molar refractivity (Wildman–Crippen MR) is 85.2 cm³/mol. The van der Waals surface area contributed by atoms with E-state index in [0.29, 0.717) is 12.8 Å². The van der Waals surface area contributed by atoms with Crippen LogP contribution in [0.2, 0.25) is 0 Å². The van der Waals surface area contributed by atoms with Gasteiger partial charge in [0.1, 0.15) is 0 Å². The average Bonchev–Trinajstić information content (AvgIpc) is 2.42. The molecule has 0 radical (unpaired) electrons. The van der Waals surface area contributed by atoms with Gasteiger partial charge >= 0.3 is 5.97 Å². The Kier molecular flexibility index (Phi) is 4.83. The van der Waals surface area contributed by atoms with Crippen LogP contribution in [-0.2, 0) is 9.59 Å². The molecule has 2 unspecified atom stereocenters. The molecule has 0 saturated carbocycles. The van der Waals surface area contributed by atoms with E-state index in [0.717, 1.165) is 21.3 Å². The maximum absolute atomic E-state index is 12.5. The number of nitrogens with one attached hydrogen (secondary N) is 1. The number of amides is 1. The van der Waals surface area contributed by atoms with Gasteiger partial charge < -0.3 is 10.4 Å². The second kappa shape index (κ2) is 6.43. The lowest BCUT2D eigenvalue weighted by atomic mass is 9.82. The Balaban J connectivity index is 2.21. The van der Waals surface area contributed by atoms with E-state index in [2.05, 4.69) is 21.2 Å². The van der Waals surface area contributed by atoms with Crippen LogP contribution in [0, 0.1) is 25.7 Å². The van der Waals surface area contributed by atoms with Crippen LogP contribution in [0.15, 0.2) is 28.8 Å². The van der Waals surface area contributed by atoms with Gasteiger partial charge in [0.15, 0.2) is 0 Å². The SMILES string of the molecule is Cc1cc(Br)cc(C)c1NC(=O)C1CC=CCC1C(=O)O. The molecule has 1 amide bonds. The van der Waals surface area contributed by atoms with E-state index in [1.54, 1.807) is 0 Å². The minimum Gasteiger partial charge on any atom is -0.481 e. The zero-order valence-electron chi connectivity index (χ0n) is 12.0. The van der Waals surface area contributed by atoms with Crippen molar-refractivity contribution in [2.75, 3.05) is 5.32 Å². The molecule has 0 heterocycles. The van der Waals surface area contributed by atoms with Crippen LogP contribution in [-0.4, -0.2) is 17.0 Å². The second-order valence-corrected chi connectivity index (χ2v) is 6.31. The number of halogens is 1. The number of carbonyl (C=O) groups is 2. The molecule has 21 heavy (non-hydrogen) atoms. The highest BCUT2D eigenvalue weighted by molar-refractivity contribution is 9.10. The molecular weight excluding hydrogens is 334 g/mol. The molecule has 0 bridgehead atoms. The van der Waals surface area contributed by atoms with E-state index in [4.69, 9.17) is 0 Å². The summed E-state index contributed by atoms with van der Waals surface area (Å²) in [5.74, 6) is -2.30. The minimum absolute atomic E-state index is 0.222. The maximum atomic E-state index is 12.5. The van der Waals surface area contributed by atoms with Crippen molar-refractivity contribution < 1.29 is 14.7 Å². The van der Waals surface area contributed by atoms with Crippen LogP contribution in [0.4, 0.5) is 5.69 Å². The Bertz CT molecular complexity index is 587. The Hall–Kier alpha value is -1.62. The molecule has 2 atom stereocenters. The molecule has 0 aliphatic heterocycles. The van der Waals surface area contributed by atoms with Gasteiger partial charge in [0.2, 0.25) is 5.91 Å². The first kappa shape index (κ1) is 15.8. The second-order valence-electron chi connectivity index (χ2n) is 5.40. The lowest BCUT2D eigenvalue weighted by Crippen LogP contribution is -2.35. The fourth-order valence-electron chi connectivity index (χ4n) is 2.70. The normalized spacial score (nSPS) is 21.1. The van der Waals surface area contributed by atoms with Crippen LogP contribution in [0.3, 0.4) is 0 Å². The van der Waals surface area contributed by atoms with E-state index in [1.807, 2.05) is 38.1 Å². The smallest absolute Gasteiger partial charge is 0.307 e. The third-order valence-electron chi connectivity index (χ3n) is 3.83. The van der Waals surface area contributed by atoms with Gasteiger partial charge in [-0.05, 0) is 49.9 Å². The van der Waals surface area contributed by atoms with Gasteiger partial charge in [0.25, 0.3) is 0 Å². The number of hydrogen-bond acceptors (Lipinski definition) is 2. The summed E-state index contributed by atoms with van der Waals surface area (Å²) in [7, 11) is 0. The van der Waals surface area contributed by atoms with Crippen molar-refractivity contribution in [3.63, 3.8) is 0 Å².